The Morgan fingerprint density at radius 3 is 2.73 bits per heavy atom. The van der Waals surface area contributed by atoms with Crippen molar-refractivity contribution in [2.24, 2.45) is 0 Å². The van der Waals surface area contributed by atoms with Crippen LogP contribution in [0.15, 0.2) is 47.1 Å². The van der Waals surface area contributed by atoms with Crippen molar-refractivity contribution in [3.05, 3.63) is 54.3 Å². The van der Waals surface area contributed by atoms with Crippen LogP contribution in [0.2, 0.25) is 0 Å². The first-order valence-corrected chi connectivity index (χ1v) is 6.76. The van der Waals surface area contributed by atoms with Gasteiger partial charge >= 0.3 is 0 Å². The van der Waals surface area contributed by atoms with Gasteiger partial charge in [0.25, 0.3) is 5.89 Å². The van der Waals surface area contributed by atoms with E-state index >= 15 is 0 Å². The van der Waals surface area contributed by atoms with Crippen LogP contribution in [-0.4, -0.2) is 22.2 Å². The monoisotopic (exact) mass is 299 g/mol. The van der Waals surface area contributed by atoms with E-state index in [0.29, 0.717) is 17.4 Å². The first-order chi connectivity index (χ1) is 10.7. The Balaban J connectivity index is 1.86. The van der Waals surface area contributed by atoms with Gasteiger partial charge in [-0.25, -0.2) is 4.39 Å². The minimum Gasteiger partial charge on any atom is -0.372 e. The molecule has 0 amide bonds. The molecule has 1 unspecified atom stereocenters. The van der Waals surface area contributed by atoms with Gasteiger partial charge in [-0.2, -0.15) is 4.98 Å². The summed E-state index contributed by atoms with van der Waals surface area (Å²) in [5, 5.41) is 3.88. The molecule has 3 aromatic rings. The van der Waals surface area contributed by atoms with Crippen LogP contribution in [0.25, 0.3) is 22.6 Å². The number of benzene rings is 1. The van der Waals surface area contributed by atoms with Gasteiger partial charge in [-0.15, -0.1) is 0 Å². The molecule has 0 aliphatic rings. The number of rotatable bonds is 4. The lowest BCUT2D eigenvalue weighted by Crippen LogP contribution is -1.95. The molecule has 0 radical (unpaired) electrons. The molecule has 0 saturated carbocycles. The molecule has 2 heterocycles. The number of aromatic nitrogens is 3. The standard InChI is InChI=1S/C16H14FN3O2/c1-10(21-2)16-19-15(20-22-16)14-7-6-12(9-18-14)11-4-3-5-13(17)8-11/h3-10H,1-2H3. The minimum atomic E-state index is -0.280. The molecular weight excluding hydrogens is 285 g/mol. The second-order valence-electron chi connectivity index (χ2n) is 4.78. The van der Waals surface area contributed by atoms with E-state index in [1.54, 1.807) is 25.4 Å². The van der Waals surface area contributed by atoms with Crippen molar-refractivity contribution >= 4 is 0 Å². The number of nitrogens with zero attached hydrogens (tertiary/aromatic N) is 3. The lowest BCUT2D eigenvalue weighted by atomic mass is 10.1. The van der Waals surface area contributed by atoms with Crippen molar-refractivity contribution in [3.63, 3.8) is 0 Å². The summed E-state index contributed by atoms with van der Waals surface area (Å²) in [5.41, 5.74) is 2.16. The van der Waals surface area contributed by atoms with Crippen LogP contribution >= 0.6 is 0 Å². The Kier molecular flexibility index (Phi) is 3.93. The van der Waals surface area contributed by atoms with Crippen molar-refractivity contribution < 1.29 is 13.7 Å². The topological polar surface area (TPSA) is 61.0 Å². The van der Waals surface area contributed by atoms with Gasteiger partial charge in [-0.3, -0.25) is 4.98 Å². The van der Waals surface area contributed by atoms with Gasteiger partial charge in [0, 0.05) is 18.9 Å². The van der Waals surface area contributed by atoms with E-state index in [1.165, 1.54) is 12.1 Å². The van der Waals surface area contributed by atoms with E-state index in [2.05, 4.69) is 15.1 Å². The van der Waals surface area contributed by atoms with Crippen LogP contribution in [0.1, 0.15) is 18.9 Å². The first-order valence-electron chi connectivity index (χ1n) is 6.76. The lowest BCUT2D eigenvalue weighted by molar-refractivity contribution is 0.0886. The van der Waals surface area contributed by atoms with Crippen molar-refractivity contribution in [1.82, 2.24) is 15.1 Å². The third-order valence-electron chi connectivity index (χ3n) is 3.29. The Labute approximate surface area is 126 Å². The van der Waals surface area contributed by atoms with Gasteiger partial charge in [-0.1, -0.05) is 23.4 Å². The van der Waals surface area contributed by atoms with Crippen molar-refractivity contribution in [1.29, 1.82) is 0 Å². The molecule has 0 saturated heterocycles. The van der Waals surface area contributed by atoms with E-state index in [4.69, 9.17) is 9.26 Å². The maximum atomic E-state index is 13.2. The summed E-state index contributed by atoms with van der Waals surface area (Å²) in [6.45, 7) is 1.82. The van der Waals surface area contributed by atoms with Crippen molar-refractivity contribution in [2.45, 2.75) is 13.0 Å². The number of methoxy groups -OCH3 is 1. The van der Waals surface area contributed by atoms with Gasteiger partial charge < -0.3 is 9.26 Å². The van der Waals surface area contributed by atoms with Gasteiger partial charge in [0.2, 0.25) is 5.82 Å². The number of halogens is 1. The highest BCUT2D eigenvalue weighted by atomic mass is 19.1. The third kappa shape index (κ3) is 2.87. The van der Waals surface area contributed by atoms with Gasteiger partial charge in [0.1, 0.15) is 17.6 Å². The molecule has 0 spiro atoms. The lowest BCUT2D eigenvalue weighted by Gasteiger charge is -2.02. The first kappa shape index (κ1) is 14.3. The Morgan fingerprint density at radius 1 is 1.18 bits per heavy atom. The fourth-order valence-electron chi connectivity index (χ4n) is 1.97. The van der Waals surface area contributed by atoms with Crippen LogP contribution < -0.4 is 0 Å². The quantitative estimate of drug-likeness (QED) is 0.736. The number of pyridine rings is 1. The fraction of sp³-hybridized carbons (Fsp3) is 0.188. The predicted octanol–water partition coefficient (Wildman–Crippen LogP) is 3.65. The summed E-state index contributed by atoms with van der Waals surface area (Å²) in [4.78, 5) is 8.55. The molecule has 0 N–H and O–H groups in total. The molecule has 0 aliphatic carbocycles. The summed E-state index contributed by atoms with van der Waals surface area (Å²) in [7, 11) is 1.57. The largest absolute Gasteiger partial charge is 0.372 e. The zero-order valence-electron chi connectivity index (χ0n) is 12.2. The number of ether oxygens (including phenoxy) is 1. The Hall–Kier alpha value is -2.60. The predicted molar refractivity (Wildman–Crippen MR) is 78.3 cm³/mol. The van der Waals surface area contributed by atoms with Crippen LogP contribution in [-0.2, 0) is 4.74 Å². The molecule has 5 nitrogen and oxygen atoms in total. The van der Waals surface area contributed by atoms with Crippen LogP contribution in [0, 0.1) is 5.82 Å². The average molecular weight is 299 g/mol. The van der Waals surface area contributed by atoms with Crippen LogP contribution in [0.4, 0.5) is 4.39 Å². The maximum Gasteiger partial charge on any atom is 0.255 e. The molecule has 2 aromatic heterocycles. The molecule has 0 fully saturated rings. The molecule has 112 valence electrons. The van der Waals surface area contributed by atoms with Gasteiger partial charge in [0.05, 0.1) is 0 Å². The van der Waals surface area contributed by atoms with Crippen LogP contribution in [0.5, 0.6) is 0 Å². The summed E-state index contributed by atoms with van der Waals surface area (Å²) in [6.07, 6.45) is 1.38. The third-order valence-corrected chi connectivity index (χ3v) is 3.29. The Morgan fingerprint density at radius 2 is 2.05 bits per heavy atom. The van der Waals surface area contributed by atoms with E-state index in [-0.39, 0.29) is 11.9 Å². The smallest absolute Gasteiger partial charge is 0.255 e. The summed E-state index contributed by atoms with van der Waals surface area (Å²) in [6, 6.07) is 9.97. The zero-order valence-corrected chi connectivity index (χ0v) is 12.2. The summed E-state index contributed by atoms with van der Waals surface area (Å²) in [5.74, 6) is 0.510. The molecular formula is C16H14FN3O2. The highest BCUT2D eigenvalue weighted by Gasteiger charge is 2.15. The molecule has 1 atom stereocenters. The zero-order chi connectivity index (χ0) is 15.5. The van der Waals surface area contributed by atoms with E-state index < -0.39 is 0 Å². The highest BCUT2D eigenvalue weighted by molar-refractivity contribution is 5.64. The molecule has 6 heteroatoms. The second kappa shape index (κ2) is 6.03. The Bertz CT molecular complexity index is 771. The number of hydrogen-bond acceptors (Lipinski definition) is 5. The van der Waals surface area contributed by atoms with Gasteiger partial charge in [-0.05, 0) is 30.7 Å². The molecule has 1 aromatic carbocycles. The maximum absolute atomic E-state index is 13.2. The van der Waals surface area contributed by atoms with E-state index in [0.717, 1.165) is 11.1 Å². The average Bonchev–Trinajstić information content (AvgIpc) is 3.04. The van der Waals surface area contributed by atoms with E-state index in [1.807, 2.05) is 19.1 Å². The summed E-state index contributed by atoms with van der Waals surface area (Å²) >= 11 is 0. The summed E-state index contributed by atoms with van der Waals surface area (Å²) < 4.78 is 23.5. The van der Waals surface area contributed by atoms with Gasteiger partial charge in [0.15, 0.2) is 0 Å². The molecule has 3 rings (SSSR count). The molecule has 0 bridgehead atoms. The normalized spacial score (nSPS) is 12.3. The number of hydrogen-bond donors (Lipinski definition) is 0. The van der Waals surface area contributed by atoms with Crippen molar-refractivity contribution in [2.75, 3.05) is 7.11 Å². The molecule has 22 heavy (non-hydrogen) atoms. The fourth-order valence-corrected chi connectivity index (χ4v) is 1.97. The second-order valence-corrected chi connectivity index (χ2v) is 4.78. The SMILES string of the molecule is COC(C)c1nc(-c2ccc(-c3cccc(F)c3)cn2)no1. The minimum absolute atomic E-state index is 0.271. The highest BCUT2D eigenvalue weighted by Crippen LogP contribution is 2.23. The van der Waals surface area contributed by atoms with Crippen molar-refractivity contribution in [3.8, 4) is 22.6 Å². The van der Waals surface area contributed by atoms with Crippen LogP contribution in [0.3, 0.4) is 0 Å². The van der Waals surface area contributed by atoms with E-state index in [9.17, 15) is 4.39 Å². The molecule has 0 aliphatic heterocycles.